The van der Waals surface area contributed by atoms with Crippen molar-refractivity contribution in [3.8, 4) is 11.4 Å². The highest BCUT2D eigenvalue weighted by atomic mass is 35.5. The smallest absolute Gasteiger partial charge is 0.163 e. The van der Waals surface area contributed by atoms with E-state index in [0.29, 0.717) is 6.61 Å². The summed E-state index contributed by atoms with van der Waals surface area (Å²) in [5, 5.41) is 9.54. The summed E-state index contributed by atoms with van der Waals surface area (Å²) in [6.45, 7) is 3.08. The summed E-state index contributed by atoms with van der Waals surface area (Å²) in [4.78, 5) is 2.34. The van der Waals surface area contributed by atoms with Crippen molar-refractivity contribution in [1.82, 2.24) is 19.7 Å². The summed E-state index contributed by atoms with van der Waals surface area (Å²) < 4.78 is 8.01. The first-order valence-corrected chi connectivity index (χ1v) is 9.12. The summed E-state index contributed by atoms with van der Waals surface area (Å²) in [7, 11) is 2.02. The Bertz CT molecular complexity index is 881. The van der Waals surface area contributed by atoms with Crippen LogP contribution in [0.1, 0.15) is 17.5 Å². The molecule has 134 valence electrons. The molecule has 1 aliphatic rings. The van der Waals surface area contributed by atoms with Gasteiger partial charge in [-0.15, -0.1) is 10.2 Å². The maximum absolute atomic E-state index is 6.34. The molecule has 1 saturated heterocycles. The maximum Gasteiger partial charge on any atom is 0.163 e. The Hall–Kier alpha value is -2.21. The van der Waals surface area contributed by atoms with E-state index in [4.69, 9.17) is 16.3 Å². The number of morpholine rings is 1. The number of benzene rings is 2. The second-order valence-electron chi connectivity index (χ2n) is 6.48. The van der Waals surface area contributed by atoms with Crippen LogP contribution in [0.5, 0.6) is 0 Å². The normalized spacial score (nSPS) is 18.2. The average Bonchev–Trinajstić information content (AvgIpc) is 3.03. The van der Waals surface area contributed by atoms with E-state index in [2.05, 4.69) is 31.8 Å². The number of halogens is 1. The first kappa shape index (κ1) is 17.2. The van der Waals surface area contributed by atoms with E-state index in [-0.39, 0.29) is 6.10 Å². The Morgan fingerprint density at radius 2 is 1.85 bits per heavy atom. The van der Waals surface area contributed by atoms with Crippen LogP contribution < -0.4 is 0 Å². The number of rotatable bonds is 4. The quantitative estimate of drug-likeness (QED) is 0.704. The Morgan fingerprint density at radius 1 is 1.08 bits per heavy atom. The van der Waals surface area contributed by atoms with Crippen LogP contribution in [0.15, 0.2) is 54.6 Å². The standard InChI is InChI=1S/C20H21ClN4O/c1-24-19(22-23-20(24)15-7-3-2-4-8-15)14-25-11-12-26-18(13-25)16-9-5-6-10-17(16)21/h2-10,18H,11-14H2,1H3. The minimum absolute atomic E-state index is 0.0146. The second-order valence-corrected chi connectivity index (χ2v) is 6.89. The maximum atomic E-state index is 6.34. The van der Waals surface area contributed by atoms with Crippen LogP contribution in [0, 0.1) is 0 Å². The van der Waals surface area contributed by atoms with Crippen molar-refractivity contribution in [3.63, 3.8) is 0 Å². The molecule has 0 spiro atoms. The van der Waals surface area contributed by atoms with Crippen LogP contribution in [0.4, 0.5) is 0 Å². The summed E-state index contributed by atoms with van der Waals surface area (Å²) in [5.74, 6) is 1.83. The summed E-state index contributed by atoms with van der Waals surface area (Å²) in [6.07, 6.45) is -0.0146. The average molecular weight is 369 g/mol. The largest absolute Gasteiger partial charge is 0.371 e. The van der Waals surface area contributed by atoms with Crippen LogP contribution in [-0.4, -0.2) is 39.4 Å². The number of ether oxygens (including phenoxy) is 1. The zero-order chi connectivity index (χ0) is 17.9. The third kappa shape index (κ3) is 3.51. The zero-order valence-electron chi connectivity index (χ0n) is 14.7. The van der Waals surface area contributed by atoms with Crippen molar-refractivity contribution < 1.29 is 4.74 Å². The van der Waals surface area contributed by atoms with Gasteiger partial charge in [-0.25, -0.2) is 0 Å². The fraction of sp³-hybridized carbons (Fsp3) is 0.300. The van der Waals surface area contributed by atoms with E-state index in [1.165, 1.54) is 0 Å². The predicted molar refractivity (Wildman–Crippen MR) is 102 cm³/mol. The molecular formula is C20H21ClN4O. The first-order chi connectivity index (χ1) is 12.7. The van der Waals surface area contributed by atoms with Gasteiger partial charge in [0.05, 0.1) is 19.3 Å². The van der Waals surface area contributed by atoms with E-state index in [1.807, 2.05) is 49.5 Å². The molecule has 6 heteroatoms. The van der Waals surface area contributed by atoms with E-state index >= 15 is 0 Å². The molecule has 4 rings (SSSR count). The van der Waals surface area contributed by atoms with Gasteiger partial charge in [0, 0.05) is 36.3 Å². The number of nitrogens with zero attached hydrogens (tertiary/aromatic N) is 4. The topological polar surface area (TPSA) is 43.2 Å². The van der Waals surface area contributed by atoms with E-state index in [1.54, 1.807) is 0 Å². The number of aromatic nitrogens is 3. The molecule has 0 N–H and O–H groups in total. The molecule has 0 amide bonds. The van der Waals surface area contributed by atoms with Crippen LogP contribution in [0.2, 0.25) is 5.02 Å². The van der Waals surface area contributed by atoms with E-state index in [9.17, 15) is 0 Å². The van der Waals surface area contributed by atoms with E-state index < -0.39 is 0 Å². The molecule has 0 radical (unpaired) electrons. The SMILES string of the molecule is Cn1c(CN2CCOC(c3ccccc3Cl)C2)nnc1-c1ccccc1. The van der Waals surface area contributed by atoms with Crippen molar-refractivity contribution in [2.75, 3.05) is 19.7 Å². The second kappa shape index (κ2) is 7.58. The van der Waals surface area contributed by atoms with Crippen LogP contribution >= 0.6 is 11.6 Å². The van der Waals surface area contributed by atoms with Crippen molar-refractivity contribution in [2.24, 2.45) is 7.05 Å². The highest BCUT2D eigenvalue weighted by Gasteiger charge is 2.25. The fourth-order valence-electron chi connectivity index (χ4n) is 3.31. The molecule has 0 bridgehead atoms. The molecule has 26 heavy (non-hydrogen) atoms. The Morgan fingerprint density at radius 3 is 2.65 bits per heavy atom. The van der Waals surface area contributed by atoms with Gasteiger partial charge in [-0.1, -0.05) is 60.1 Å². The molecule has 1 fully saturated rings. The lowest BCUT2D eigenvalue weighted by Crippen LogP contribution is -2.38. The molecule has 0 saturated carbocycles. The Kier molecular flexibility index (Phi) is 5.02. The van der Waals surface area contributed by atoms with Crippen LogP contribution in [-0.2, 0) is 18.3 Å². The Balaban J connectivity index is 1.49. The van der Waals surface area contributed by atoms with E-state index in [0.717, 1.165) is 47.4 Å². The van der Waals surface area contributed by atoms with Crippen molar-refractivity contribution in [3.05, 3.63) is 71.0 Å². The minimum atomic E-state index is -0.0146. The predicted octanol–water partition coefficient (Wildman–Crippen LogP) is 3.71. The lowest BCUT2D eigenvalue weighted by molar-refractivity contribution is -0.0338. The summed E-state index contributed by atoms with van der Waals surface area (Å²) in [6, 6.07) is 18.0. The van der Waals surface area contributed by atoms with Crippen molar-refractivity contribution >= 4 is 11.6 Å². The third-order valence-corrected chi connectivity index (χ3v) is 5.11. The molecule has 1 aliphatic heterocycles. The van der Waals surface area contributed by atoms with Gasteiger partial charge in [0.2, 0.25) is 0 Å². The van der Waals surface area contributed by atoms with Crippen molar-refractivity contribution in [1.29, 1.82) is 0 Å². The highest BCUT2D eigenvalue weighted by molar-refractivity contribution is 6.31. The third-order valence-electron chi connectivity index (χ3n) is 4.76. The fourth-order valence-corrected chi connectivity index (χ4v) is 3.57. The van der Waals surface area contributed by atoms with Gasteiger partial charge in [0.1, 0.15) is 5.82 Å². The zero-order valence-corrected chi connectivity index (χ0v) is 15.4. The minimum Gasteiger partial charge on any atom is -0.371 e. The van der Waals surface area contributed by atoms with Gasteiger partial charge in [0.15, 0.2) is 5.82 Å². The van der Waals surface area contributed by atoms with Gasteiger partial charge in [-0.3, -0.25) is 4.90 Å². The molecule has 1 unspecified atom stereocenters. The molecule has 3 aromatic rings. The molecule has 5 nitrogen and oxygen atoms in total. The van der Waals surface area contributed by atoms with Gasteiger partial charge >= 0.3 is 0 Å². The first-order valence-electron chi connectivity index (χ1n) is 8.74. The molecule has 0 aliphatic carbocycles. The summed E-state index contributed by atoms with van der Waals surface area (Å²) in [5.41, 5.74) is 2.12. The van der Waals surface area contributed by atoms with Gasteiger partial charge in [-0.05, 0) is 6.07 Å². The molecule has 1 atom stereocenters. The lowest BCUT2D eigenvalue weighted by Gasteiger charge is -2.33. The molecule has 2 heterocycles. The van der Waals surface area contributed by atoms with Crippen LogP contribution in [0.3, 0.4) is 0 Å². The molecule has 1 aromatic heterocycles. The van der Waals surface area contributed by atoms with Crippen molar-refractivity contribution in [2.45, 2.75) is 12.6 Å². The Labute approximate surface area is 158 Å². The summed E-state index contributed by atoms with van der Waals surface area (Å²) >= 11 is 6.34. The molecule has 2 aromatic carbocycles. The number of hydrogen-bond donors (Lipinski definition) is 0. The van der Waals surface area contributed by atoms with Gasteiger partial charge in [-0.2, -0.15) is 0 Å². The highest BCUT2D eigenvalue weighted by Crippen LogP contribution is 2.29. The van der Waals surface area contributed by atoms with Crippen LogP contribution in [0.25, 0.3) is 11.4 Å². The van der Waals surface area contributed by atoms with Gasteiger partial charge in [0.25, 0.3) is 0 Å². The molecular weight excluding hydrogens is 348 g/mol. The monoisotopic (exact) mass is 368 g/mol. The number of hydrogen-bond acceptors (Lipinski definition) is 4. The van der Waals surface area contributed by atoms with Gasteiger partial charge < -0.3 is 9.30 Å². The lowest BCUT2D eigenvalue weighted by atomic mass is 10.1.